The maximum atomic E-state index is 11.2. The van der Waals surface area contributed by atoms with Gasteiger partial charge >= 0.3 is 10.9 Å². The van der Waals surface area contributed by atoms with E-state index in [9.17, 15) is 9.59 Å². The van der Waals surface area contributed by atoms with Gasteiger partial charge in [-0.3, -0.25) is 4.79 Å². The van der Waals surface area contributed by atoms with Crippen LogP contribution in [0.3, 0.4) is 0 Å². The first-order chi connectivity index (χ1) is 6.24. The Morgan fingerprint density at radius 2 is 2.31 bits per heavy atom. The topological polar surface area (TPSA) is 65.2 Å². The smallest absolute Gasteiger partial charge is 0.318 e. The molecule has 2 bridgehead atoms. The zero-order chi connectivity index (χ0) is 9.00. The molecule has 1 aromatic rings. The van der Waals surface area contributed by atoms with E-state index in [1.165, 1.54) is 11.3 Å². The molecule has 2 N–H and O–H groups in total. The largest absolute Gasteiger partial charge is 0.328 e. The van der Waals surface area contributed by atoms with E-state index in [1.54, 1.807) is 4.90 Å². The van der Waals surface area contributed by atoms with Crippen molar-refractivity contribution >= 4 is 17.4 Å². The molecule has 1 atom stereocenters. The van der Waals surface area contributed by atoms with Crippen LogP contribution in [0.5, 0.6) is 0 Å². The fourth-order valence-corrected chi connectivity index (χ4v) is 2.72. The summed E-state index contributed by atoms with van der Waals surface area (Å²) in [5, 5.41) is 2.82. The molecular formula is C7H7N3O2S. The van der Waals surface area contributed by atoms with Gasteiger partial charge in [0.15, 0.2) is 0 Å². The van der Waals surface area contributed by atoms with Gasteiger partial charge in [0.25, 0.3) is 0 Å². The number of aromatic amines is 1. The normalized spacial score (nSPS) is 24.5. The summed E-state index contributed by atoms with van der Waals surface area (Å²) in [6, 6.07) is -0.00514. The maximum absolute atomic E-state index is 11.2. The number of hydrogen-bond acceptors (Lipinski definition) is 3. The Bertz CT molecular complexity index is 435. The SMILES string of the molecule is O=C1NC2CN1Cc1[nH]c(=O)sc12. The van der Waals surface area contributed by atoms with Crippen LogP contribution in [-0.2, 0) is 6.54 Å². The third kappa shape index (κ3) is 0.859. The van der Waals surface area contributed by atoms with E-state index in [2.05, 4.69) is 10.3 Å². The molecule has 5 nitrogen and oxygen atoms in total. The van der Waals surface area contributed by atoms with Crippen LogP contribution in [0, 0.1) is 0 Å². The number of hydrogen-bond donors (Lipinski definition) is 2. The molecule has 1 saturated heterocycles. The summed E-state index contributed by atoms with van der Waals surface area (Å²) in [7, 11) is 0. The molecule has 13 heavy (non-hydrogen) atoms. The number of amides is 2. The molecule has 0 radical (unpaired) electrons. The van der Waals surface area contributed by atoms with Crippen molar-refractivity contribution in [2.45, 2.75) is 12.6 Å². The van der Waals surface area contributed by atoms with Gasteiger partial charge in [-0.2, -0.15) is 0 Å². The summed E-state index contributed by atoms with van der Waals surface area (Å²) < 4.78 is 0. The standard InChI is InChI=1S/C7H7N3O2S/c11-6-8-3-1-10(6)2-4-5(3)13-7(12)9-4/h3H,1-2H2,(H,8,11)(H,9,12). The molecule has 0 spiro atoms. The molecule has 3 rings (SSSR count). The molecule has 2 amide bonds. The van der Waals surface area contributed by atoms with Gasteiger partial charge in [0.05, 0.1) is 23.2 Å². The Morgan fingerprint density at radius 1 is 1.46 bits per heavy atom. The molecule has 0 aliphatic carbocycles. The monoisotopic (exact) mass is 197 g/mol. The number of thiazole rings is 1. The van der Waals surface area contributed by atoms with Crippen molar-refractivity contribution in [1.29, 1.82) is 0 Å². The molecule has 2 aliphatic heterocycles. The molecule has 3 heterocycles. The summed E-state index contributed by atoms with van der Waals surface area (Å²) >= 11 is 1.20. The number of nitrogens with one attached hydrogen (secondary N) is 2. The van der Waals surface area contributed by atoms with Crippen molar-refractivity contribution in [3.05, 3.63) is 20.2 Å². The van der Waals surface area contributed by atoms with E-state index >= 15 is 0 Å². The van der Waals surface area contributed by atoms with E-state index in [1.807, 2.05) is 0 Å². The second kappa shape index (κ2) is 2.14. The van der Waals surface area contributed by atoms with Gasteiger partial charge in [-0.15, -0.1) is 0 Å². The molecule has 68 valence electrons. The highest BCUT2D eigenvalue weighted by atomic mass is 32.1. The van der Waals surface area contributed by atoms with Crippen LogP contribution >= 0.6 is 11.3 Å². The van der Waals surface area contributed by atoms with Crippen LogP contribution in [0.1, 0.15) is 16.6 Å². The van der Waals surface area contributed by atoms with Crippen LogP contribution in [0.4, 0.5) is 4.79 Å². The molecule has 2 aliphatic rings. The highest BCUT2D eigenvalue weighted by Crippen LogP contribution is 2.31. The Labute approximate surface area is 77.4 Å². The number of carbonyl (C=O) groups is 1. The fourth-order valence-electron chi connectivity index (χ4n) is 1.84. The van der Waals surface area contributed by atoms with Crippen molar-refractivity contribution in [3.8, 4) is 0 Å². The molecule has 6 heteroatoms. The van der Waals surface area contributed by atoms with Crippen LogP contribution in [0.25, 0.3) is 0 Å². The second-order valence-corrected chi connectivity index (χ2v) is 4.25. The minimum absolute atomic E-state index is 0.0280. The van der Waals surface area contributed by atoms with Gasteiger partial charge in [0.2, 0.25) is 0 Å². The highest BCUT2D eigenvalue weighted by molar-refractivity contribution is 7.09. The predicted octanol–water partition coefficient (Wildman–Crippen LogP) is 0.0163. The summed E-state index contributed by atoms with van der Waals surface area (Å²) in [4.78, 5) is 27.7. The molecule has 1 unspecified atom stereocenters. The maximum Gasteiger partial charge on any atom is 0.318 e. The molecular weight excluding hydrogens is 190 g/mol. The lowest BCUT2D eigenvalue weighted by Gasteiger charge is -2.19. The lowest BCUT2D eigenvalue weighted by Crippen LogP contribution is -2.28. The van der Waals surface area contributed by atoms with Crippen molar-refractivity contribution < 1.29 is 4.79 Å². The average Bonchev–Trinajstić information content (AvgIpc) is 2.57. The van der Waals surface area contributed by atoms with Gasteiger partial charge in [0, 0.05) is 6.54 Å². The third-order valence-corrected chi connectivity index (χ3v) is 3.44. The zero-order valence-corrected chi connectivity index (χ0v) is 7.48. The van der Waals surface area contributed by atoms with E-state index in [-0.39, 0.29) is 16.9 Å². The van der Waals surface area contributed by atoms with E-state index in [0.717, 1.165) is 10.6 Å². The van der Waals surface area contributed by atoms with Gasteiger partial charge < -0.3 is 15.2 Å². The minimum atomic E-state index is -0.0343. The minimum Gasteiger partial charge on any atom is -0.328 e. The van der Waals surface area contributed by atoms with Gasteiger partial charge in [-0.1, -0.05) is 11.3 Å². The second-order valence-electron chi connectivity index (χ2n) is 3.24. The number of aromatic nitrogens is 1. The van der Waals surface area contributed by atoms with Crippen LogP contribution in [0.2, 0.25) is 0 Å². The summed E-state index contributed by atoms with van der Waals surface area (Å²) in [6.07, 6.45) is 0. The van der Waals surface area contributed by atoms with Crippen molar-refractivity contribution in [3.63, 3.8) is 0 Å². The van der Waals surface area contributed by atoms with Gasteiger partial charge in [0.1, 0.15) is 0 Å². The first-order valence-electron chi connectivity index (χ1n) is 4.01. The molecule has 0 aromatic carbocycles. The lowest BCUT2D eigenvalue weighted by molar-refractivity contribution is 0.214. The summed E-state index contributed by atoms with van der Waals surface area (Å²) in [5.41, 5.74) is 0.893. The number of nitrogens with zero attached hydrogens (tertiary/aromatic N) is 1. The van der Waals surface area contributed by atoms with Crippen LogP contribution < -0.4 is 10.2 Å². The van der Waals surface area contributed by atoms with Crippen molar-refractivity contribution in [1.82, 2.24) is 15.2 Å². The quantitative estimate of drug-likeness (QED) is 0.615. The van der Waals surface area contributed by atoms with E-state index in [4.69, 9.17) is 0 Å². The van der Waals surface area contributed by atoms with Crippen molar-refractivity contribution in [2.24, 2.45) is 0 Å². The summed E-state index contributed by atoms with van der Waals surface area (Å²) in [6.45, 7) is 1.23. The first kappa shape index (κ1) is 7.14. The Hall–Kier alpha value is -1.30. The molecule has 1 aromatic heterocycles. The fraction of sp³-hybridized carbons (Fsp3) is 0.429. The molecule has 1 fully saturated rings. The number of H-pyrrole nitrogens is 1. The average molecular weight is 197 g/mol. The van der Waals surface area contributed by atoms with Crippen molar-refractivity contribution in [2.75, 3.05) is 6.54 Å². The van der Waals surface area contributed by atoms with Crippen LogP contribution in [-0.4, -0.2) is 22.5 Å². The van der Waals surface area contributed by atoms with Gasteiger partial charge in [-0.25, -0.2) is 4.79 Å². The van der Waals surface area contributed by atoms with E-state index in [0.29, 0.717) is 13.1 Å². The molecule has 0 saturated carbocycles. The highest BCUT2D eigenvalue weighted by Gasteiger charge is 2.37. The van der Waals surface area contributed by atoms with E-state index < -0.39 is 0 Å². The number of carbonyl (C=O) groups excluding carboxylic acids is 1. The summed E-state index contributed by atoms with van der Waals surface area (Å²) in [5.74, 6) is 0. The third-order valence-electron chi connectivity index (χ3n) is 2.41. The first-order valence-corrected chi connectivity index (χ1v) is 4.83. The number of urea groups is 1. The Morgan fingerprint density at radius 3 is 3.15 bits per heavy atom. The number of fused-ring (bicyclic) bond motifs is 4. The zero-order valence-electron chi connectivity index (χ0n) is 6.66. The van der Waals surface area contributed by atoms with Gasteiger partial charge in [-0.05, 0) is 0 Å². The Kier molecular flexibility index (Phi) is 1.17. The Balaban J connectivity index is 2.15. The lowest BCUT2D eigenvalue weighted by atomic mass is 10.1. The number of rotatable bonds is 0. The van der Waals surface area contributed by atoms with Crippen LogP contribution in [0.15, 0.2) is 4.79 Å². The predicted molar refractivity (Wildman–Crippen MR) is 46.6 cm³/mol.